The molecule has 0 aliphatic carbocycles. The number of pyridine rings is 1. The van der Waals surface area contributed by atoms with Gasteiger partial charge in [0.1, 0.15) is 18.1 Å². The van der Waals surface area contributed by atoms with Crippen molar-refractivity contribution < 1.29 is 9.94 Å². The van der Waals surface area contributed by atoms with E-state index < -0.39 is 0 Å². The lowest BCUT2D eigenvalue weighted by Crippen LogP contribution is -2.40. The minimum Gasteiger partial charge on any atom is -0.490 e. The average Bonchev–Trinajstić information content (AvgIpc) is 2.46. The number of aromatic nitrogens is 1. The topological polar surface area (TPSA) is 84.0 Å². The molecule has 0 bridgehead atoms. The van der Waals surface area contributed by atoms with Crippen molar-refractivity contribution in [2.45, 2.75) is 25.3 Å². The maximum Gasteiger partial charge on any atom is 0.188 e. The van der Waals surface area contributed by atoms with E-state index in [-0.39, 0.29) is 5.84 Å². The number of rotatable bonds is 4. The SMILES string of the molecule is CN1CCCCC1COc1ccc(/C(N)=N/O)nc1. The molecule has 1 aromatic rings. The summed E-state index contributed by atoms with van der Waals surface area (Å²) >= 11 is 0. The summed E-state index contributed by atoms with van der Waals surface area (Å²) in [6.45, 7) is 1.80. The molecular formula is C13H20N4O2. The van der Waals surface area contributed by atoms with Gasteiger partial charge in [0.15, 0.2) is 5.84 Å². The van der Waals surface area contributed by atoms with Crippen molar-refractivity contribution in [3.05, 3.63) is 24.0 Å². The third-order valence-corrected chi connectivity index (χ3v) is 3.47. The van der Waals surface area contributed by atoms with Crippen LogP contribution in [0, 0.1) is 0 Å². The van der Waals surface area contributed by atoms with Crippen molar-refractivity contribution in [1.29, 1.82) is 0 Å². The van der Waals surface area contributed by atoms with Crippen molar-refractivity contribution in [3.63, 3.8) is 0 Å². The van der Waals surface area contributed by atoms with Crippen LogP contribution in [0.25, 0.3) is 0 Å². The number of nitrogens with zero attached hydrogens (tertiary/aromatic N) is 3. The van der Waals surface area contributed by atoms with Crippen LogP contribution in [0.15, 0.2) is 23.5 Å². The molecule has 1 fully saturated rings. The van der Waals surface area contributed by atoms with Gasteiger partial charge in [-0.3, -0.25) is 0 Å². The van der Waals surface area contributed by atoms with E-state index in [2.05, 4.69) is 22.1 Å². The van der Waals surface area contributed by atoms with Gasteiger partial charge in [-0.25, -0.2) is 4.98 Å². The van der Waals surface area contributed by atoms with E-state index in [4.69, 9.17) is 15.7 Å². The summed E-state index contributed by atoms with van der Waals surface area (Å²) in [6.07, 6.45) is 5.30. The van der Waals surface area contributed by atoms with Crippen molar-refractivity contribution in [2.75, 3.05) is 20.2 Å². The molecule has 1 atom stereocenters. The smallest absolute Gasteiger partial charge is 0.188 e. The van der Waals surface area contributed by atoms with Crippen LogP contribution in [0.4, 0.5) is 0 Å². The molecule has 1 aromatic heterocycles. The fourth-order valence-electron chi connectivity index (χ4n) is 2.22. The highest BCUT2D eigenvalue weighted by atomic mass is 16.5. The minimum atomic E-state index is -0.00133. The Morgan fingerprint density at radius 3 is 3.05 bits per heavy atom. The number of oxime groups is 1. The van der Waals surface area contributed by atoms with Crippen molar-refractivity contribution >= 4 is 5.84 Å². The molecule has 104 valence electrons. The molecule has 1 unspecified atom stereocenters. The van der Waals surface area contributed by atoms with Gasteiger partial charge in [0, 0.05) is 6.04 Å². The molecule has 2 rings (SSSR count). The van der Waals surface area contributed by atoms with Crippen LogP contribution in [0.1, 0.15) is 25.0 Å². The van der Waals surface area contributed by atoms with Crippen LogP contribution in [0.2, 0.25) is 0 Å². The highest BCUT2D eigenvalue weighted by molar-refractivity contribution is 5.95. The summed E-state index contributed by atoms with van der Waals surface area (Å²) in [5.74, 6) is 0.701. The van der Waals surface area contributed by atoms with Gasteiger partial charge in [0.2, 0.25) is 0 Å². The van der Waals surface area contributed by atoms with E-state index in [0.717, 1.165) is 6.54 Å². The molecule has 1 aliphatic heterocycles. The van der Waals surface area contributed by atoms with Crippen LogP contribution in [0.5, 0.6) is 5.75 Å². The predicted molar refractivity (Wildman–Crippen MR) is 72.5 cm³/mol. The van der Waals surface area contributed by atoms with Crippen molar-refractivity contribution in [3.8, 4) is 5.75 Å². The van der Waals surface area contributed by atoms with Gasteiger partial charge in [-0.2, -0.15) is 0 Å². The number of likely N-dealkylation sites (N-methyl/N-ethyl adjacent to an activating group) is 1. The van der Waals surface area contributed by atoms with Crippen LogP contribution >= 0.6 is 0 Å². The molecule has 6 heteroatoms. The Labute approximate surface area is 112 Å². The second-order valence-corrected chi connectivity index (χ2v) is 4.81. The first-order valence-electron chi connectivity index (χ1n) is 6.47. The number of hydrogen-bond acceptors (Lipinski definition) is 5. The molecule has 6 nitrogen and oxygen atoms in total. The fraction of sp³-hybridized carbons (Fsp3) is 0.538. The number of hydrogen-bond donors (Lipinski definition) is 2. The van der Waals surface area contributed by atoms with E-state index in [9.17, 15) is 0 Å². The zero-order valence-electron chi connectivity index (χ0n) is 11.1. The highest BCUT2D eigenvalue weighted by Gasteiger charge is 2.19. The van der Waals surface area contributed by atoms with Gasteiger partial charge in [-0.05, 0) is 38.6 Å². The molecule has 1 aliphatic rings. The lowest BCUT2D eigenvalue weighted by molar-refractivity contribution is 0.125. The summed E-state index contributed by atoms with van der Waals surface area (Å²) in [5, 5.41) is 11.4. The highest BCUT2D eigenvalue weighted by Crippen LogP contribution is 2.17. The van der Waals surface area contributed by atoms with E-state index in [1.165, 1.54) is 19.3 Å². The largest absolute Gasteiger partial charge is 0.490 e. The van der Waals surface area contributed by atoms with Gasteiger partial charge in [0.25, 0.3) is 0 Å². The summed E-state index contributed by atoms with van der Waals surface area (Å²) in [6, 6.07) is 3.93. The van der Waals surface area contributed by atoms with Crippen LogP contribution in [0.3, 0.4) is 0 Å². The van der Waals surface area contributed by atoms with E-state index >= 15 is 0 Å². The molecule has 0 radical (unpaired) electrons. The number of ether oxygens (including phenoxy) is 1. The Balaban J connectivity index is 1.89. The summed E-state index contributed by atoms with van der Waals surface area (Å²) in [4.78, 5) is 6.41. The van der Waals surface area contributed by atoms with E-state index in [1.807, 2.05) is 0 Å². The monoisotopic (exact) mass is 264 g/mol. The molecule has 1 saturated heterocycles. The lowest BCUT2D eigenvalue weighted by Gasteiger charge is -2.32. The third kappa shape index (κ3) is 3.57. The average molecular weight is 264 g/mol. The first-order chi connectivity index (χ1) is 9.20. The fourth-order valence-corrected chi connectivity index (χ4v) is 2.22. The molecule has 19 heavy (non-hydrogen) atoms. The van der Waals surface area contributed by atoms with Crippen molar-refractivity contribution in [2.24, 2.45) is 10.9 Å². The molecule has 0 amide bonds. The Kier molecular flexibility index (Phi) is 4.57. The number of likely N-dealkylation sites (tertiary alicyclic amines) is 1. The first kappa shape index (κ1) is 13.6. The standard InChI is InChI=1S/C13H20N4O2/c1-17-7-3-2-4-10(17)9-19-11-5-6-12(15-8-11)13(14)16-18/h5-6,8,10,18H,2-4,7,9H2,1H3,(H2,14,16). The third-order valence-electron chi connectivity index (χ3n) is 3.47. The second-order valence-electron chi connectivity index (χ2n) is 4.81. The maximum atomic E-state index is 8.55. The van der Waals surface area contributed by atoms with Crippen LogP contribution in [-0.4, -0.2) is 47.2 Å². The normalized spacial score (nSPS) is 21.3. The van der Waals surface area contributed by atoms with E-state index in [0.29, 0.717) is 24.1 Å². The number of piperidine rings is 1. The minimum absolute atomic E-state index is 0.00133. The molecule has 3 N–H and O–H groups in total. The van der Waals surface area contributed by atoms with Gasteiger partial charge < -0.3 is 20.6 Å². The zero-order valence-corrected chi connectivity index (χ0v) is 11.1. The zero-order chi connectivity index (χ0) is 13.7. The molecule has 0 spiro atoms. The Hall–Kier alpha value is -1.82. The molecular weight excluding hydrogens is 244 g/mol. The second kappa shape index (κ2) is 6.38. The van der Waals surface area contributed by atoms with Gasteiger partial charge in [-0.15, -0.1) is 0 Å². The Bertz CT molecular complexity index is 433. The molecule has 2 heterocycles. The summed E-state index contributed by atoms with van der Waals surface area (Å²) < 4.78 is 5.74. The Morgan fingerprint density at radius 2 is 2.42 bits per heavy atom. The van der Waals surface area contributed by atoms with Crippen LogP contribution in [-0.2, 0) is 0 Å². The molecule has 0 saturated carbocycles. The first-order valence-corrected chi connectivity index (χ1v) is 6.47. The van der Waals surface area contributed by atoms with Gasteiger partial charge in [0.05, 0.1) is 6.20 Å². The summed E-state index contributed by atoms with van der Waals surface area (Å²) in [7, 11) is 2.13. The summed E-state index contributed by atoms with van der Waals surface area (Å²) in [5.41, 5.74) is 5.88. The maximum absolute atomic E-state index is 8.55. The molecule has 0 aromatic carbocycles. The number of nitrogens with two attached hydrogens (primary N) is 1. The van der Waals surface area contributed by atoms with Crippen molar-refractivity contribution in [1.82, 2.24) is 9.88 Å². The lowest BCUT2D eigenvalue weighted by atomic mass is 10.0. The number of amidine groups is 1. The van der Waals surface area contributed by atoms with Gasteiger partial charge in [-0.1, -0.05) is 11.6 Å². The van der Waals surface area contributed by atoms with Crippen LogP contribution < -0.4 is 10.5 Å². The van der Waals surface area contributed by atoms with Gasteiger partial charge >= 0.3 is 0 Å². The predicted octanol–water partition coefficient (Wildman–Crippen LogP) is 1.04. The Morgan fingerprint density at radius 1 is 1.58 bits per heavy atom. The quantitative estimate of drug-likeness (QED) is 0.367. The van der Waals surface area contributed by atoms with E-state index in [1.54, 1.807) is 18.3 Å².